The number of nitrogens with two attached hydrogens (primary N) is 1. The number of ether oxygens (including phenoxy) is 2. The van der Waals surface area contributed by atoms with Gasteiger partial charge in [-0.3, -0.25) is 4.98 Å². The van der Waals surface area contributed by atoms with Crippen LogP contribution in [0.2, 0.25) is 5.02 Å². The molecule has 1 atom stereocenters. The molecule has 3 N–H and O–H groups in total. The van der Waals surface area contributed by atoms with Crippen molar-refractivity contribution in [3.63, 3.8) is 0 Å². The van der Waals surface area contributed by atoms with E-state index in [-0.39, 0.29) is 10.6 Å². The molecule has 0 radical (unpaired) electrons. The lowest BCUT2D eigenvalue weighted by molar-refractivity contribution is -0.873. The molecule has 2 heterocycles. The Kier molecular flexibility index (Phi) is 7.35. The molecule has 9 heteroatoms. The van der Waals surface area contributed by atoms with Crippen LogP contribution >= 0.6 is 11.6 Å². The number of hydrogen-bond donors (Lipinski definition) is 2. The van der Waals surface area contributed by atoms with E-state index in [1.54, 1.807) is 25.4 Å². The van der Waals surface area contributed by atoms with Crippen molar-refractivity contribution in [2.45, 2.75) is 26.8 Å². The molecule has 1 unspecified atom stereocenters. The molecule has 0 saturated heterocycles. The number of methoxy groups -OCH3 is 1. The molecule has 0 saturated carbocycles. The van der Waals surface area contributed by atoms with E-state index in [2.05, 4.69) is 24.1 Å². The third-order valence-electron chi connectivity index (χ3n) is 5.83. The molecule has 3 aromatic rings. The molecule has 0 aliphatic carbocycles. The van der Waals surface area contributed by atoms with Gasteiger partial charge < -0.3 is 20.5 Å². The van der Waals surface area contributed by atoms with E-state index < -0.39 is 0 Å². The summed E-state index contributed by atoms with van der Waals surface area (Å²) >= 11 is 6.34. The van der Waals surface area contributed by atoms with Crippen LogP contribution in [0.4, 0.5) is 5.69 Å². The number of halogens is 1. The summed E-state index contributed by atoms with van der Waals surface area (Å²) in [4.78, 5) is 8.98. The van der Waals surface area contributed by atoms with E-state index in [1.807, 2.05) is 49.4 Å². The molecular formula is C26H30ClN6O2+. The average Bonchev–Trinajstić information content (AvgIpc) is 3.18. The van der Waals surface area contributed by atoms with E-state index >= 15 is 0 Å². The quantitative estimate of drug-likeness (QED) is 0.450. The first-order valence-corrected chi connectivity index (χ1v) is 11.8. The van der Waals surface area contributed by atoms with Crippen molar-refractivity contribution in [1.29, 1.82) is 0 Å². The number of aromatic nitrogens is 1. The Morgan fingerprint density at radius 3 is 2.57 bits per heavy atom. The number of nitrogens with one attached hydrogen (secondary N) is 1. The van der Waals surface area contributed by atoms with Gasteiger partial charge >= 0.3 is 6.02 Å². The molecule has 0 bridgehead atoms. The molecule has 1 aliphatic rings. The topological polar surface area (TPSA) is 94.1 Å². The van der Waals surface area contributed by atoms with Gasteiger partial charge in [0.15, 0.2) is 5.75 Å². The van der Waals surface area contributed by atoms with Crippen molar-refractivity contribution in [2.24, 2.45) is 15.8 Å². The summed E-state index contributed by atoms with van der Waals surface area (Å²) in [6.07, 6.45) is 1.79. The number of amidine groups is 1. The molecular weight excluding hydrogens is 464 g/mol. The van der Waals surface area contributed by atoms with Gasteiger partial charge in [0.1, 0.15) is 18.3 Å². The third-order valence-corrected chi connectivity index (χ3v) is 6.15. The summed E-state index contributed by atoms with van der Waals surface area (Å²) in [5, 5.41) is 8.70. The largest absolute Gasteiger partial charge is 0.496 e. The lowest BCUT2D eigenvalue weighted by Gasteiger charge is -2.31. The minimum atomic E-state index is 0.0333. The second-order valence-corrected chi connectivity index (χ2v) is 8.92. The summed E-state index contributed by atoms with van der Waals surface area (Å²) in [7, 11) is 1.65. The van der Waals surface area contributed by atoms with E-state index in [4.69, 9.17) is 36.9 Å². The van der Waals surface area contributed by atoms with Crippen LogP contribution in [0.3, 0.4) is 0 Å². The highest BCUT2D eigenvalue weighted by Crippen LogP contribution is 2.34. The van der Waals surface area contributed by atoms with E-state index in [9.17, 15) is 0 Å². The smallest absolute Gasteiger partial charge is 0.435 e. The van der Waals surface area contributed by atoms with Gasteiger partial charge in [-0.25, -0.2) is 0 Å². The highest BCUT2D eigenvalue weighted by molar-refractivity contribution is 6.32. The Morgan fingerprint density at radius 2 is 1.89 bits per heavy atom. The van der Waals surface area contributed by atoms with Crippen molar-refractivity contribution in [2.75, 3.05) is 25.5 Å². The van der Waals surface area contributed by atoms with Gasteiger partial charge in [-0.05, 0) is 67.8 Å². The third kappa shape index (κ3) is 5.14. The van der Waals surface area contributed by atoms with Gasteiger partial charge in [-0.2, -0.15) is 0 Å². The number of aryl methyl sites for hydroxylation is 1. The first-order chi connectivity index (χ1) is 16.9. The fourth-order valence-electron chi connectivity index (χ4n) is 3.98. The van der Waals surface area contributed by atoms with Crippen molar-refractivity contribution in [3.05, 3.63) is 71.5 Å². The van der Waals surface area contributed by atoms with E-state index in [0.29, 0.717) is 35.8 Å². The lowest BCUT2D eigenvalue weighted by Crippen LogP contribution is -2.56. The second kappa shape index (κ2) is 10.4. The Balaban J connectivity index is 1.67. The number of aliphatic imine (C=N–C) groups is 1. The maximum Gasteiger partial charge on any atom is 0.435 e. The average molecular weight is 494 g/mol. The van der Waals surface area contributed by atoms with Crippen LogP contribution in [0.15, 0.2) is 70.9 Å². The van der Waals surface area contributed by atoms with E-state index in [0.717, 1.165) is 28.3 Å². The monoisotopic (exact) mass is 493 g/mol. The zero-order valence-electron chi connectivity index (χ0n) is 20.3. The van der Waals surface area contributed by atoms with Crippen molar-refractivity contribution in [3.8, 4) is 22.6 Å². The Bertz CT molecular complexity index is 1280. The van der Waals surface area contributed by atoms with Gasteiger partial charge in [-0.1, -0.05) is 23.7 Å². The molecule has 0 spiro atoms. The minimum absolute atomic E-state index is 0.0333. The van der Waals surface area contributed by atoms with Gasteiger partial charge in [0.2, 0.25) is 0 Å². The Labute approximate surface area is 210 Å². The number of para-hydroxylation sites is 1. The molecule has 1 aliphatic heterocycles. The minimum Gasteiger partial charge on any atom is -0.496 e. The highest BCUT2D eigenvalue weighted by atomic mass is 35.5. The van der Waals surface area contributed by atoms with Crippen LogP contribution in [0, 0.1) is 6.92 Å². The summed E-state index contributed by atoms with van der Waals surface area (Å²) in [5.41, 5.74) is 9.70. The van der Waals surface area contributed by atoms with Gasteiger partial charge in [0.05, 0.1) is 12.1 Å². The fraction of sp³-hybridized carbons (Fsp3) is 0.269. The van der Waals surface area contributed by atoms with Crippen LogP contribution in [0.5, 0.6) is 11.5 Å². The normalized spacial score (nSPS) is 17.2. The van der Waals surface area contributed by atoms with Gasteiger partial charge in [0, 0.05) is 35.8 Å². The van der Waals surface area contributed by atoms with E-state index in [1.165, 1.54) is 0 Å². The molecule has 8 nitrogen and oxygen atoms in total. The molecule has 1 aromatic heterocycles. The predicted molar refractivity (Wildman–Crippen MR) is 141 cm³/mol. The van der Waals surface area contributed by atoms with Crippen LogP contribution in [0.1, 0.15) is 19.5 Å². The van der Waals surface area contributed by atoms with Gasteiger partial charge in [0.25, 0.3) is 5.96 Å². The summed E-state index contributed by atoms with van der Waals surface area (Å²) < 4.78 is 12.0. The second-order valence-electron chi connectivity index (χ2n) is 8.51. The maximum atomic E-state index is 6.34. The number of guanidine groups is 1. The SMILES string of the molecule is COc1cc(NC2=N[N+](CCN)(C(C)C)C(Oc3ccccc3Cl)=N2)ccc1-c1ccnc(C)c1. The number of rotatable bonds is 7. The van der Waals surface area contributed by atoms with Crippen LogP contribution < -0.4 is 20.5 Å². The zero-order chi connectivity index (χ0) is 25.0. The first-order valence-electron chi connectivity index (χ1n) is 11.4. The fourth-order valence-corrected chi connectivity index (χ4v) is 4.15. The molecule has 182 valence electrons. The number of anilines is 1. The highest BCUT2D eigenvalue weighted by Gasteiger charge is 2.46. The standard InChI is InChI=1S/C26H30ClN6O2/c1-17(2)33(14-12-28)26(35-23-8-6-5-7-22(23)27)31-25(32-33)30-20-9-10-21(24(16-20)34-4)19-11-13-29-18(3)15-19/h5-11,13,15-17H,12,14,28H2,1-4H3,(H,30,32)/q+1. The molecule has 0 fully saturated rings. The molecule has 35 heavy (non-hydrogen) atoms. The maximum absolute atomic E-state index is 6.34. The molecule has 0 amide bonds. The summed E-state index contributed by atoms with van der Waals surface area (Å²) in [6, 6.07) is 17.6. The molecule has 2 aromatic carbocycles. The zero-order valence-corrected chi connectivity index (χ0v) is 21.1. The number of quaternary nitrogens is 1. The van der Waals surface area contributed by atoms with Gasteiger partial charge in [-0.15, -0.1) is 9.58 Å². The number of benzene rings is 2. The van der Waals surface area contributed by atoms with Crippen LogP contribution in [0.25, 0.3) is 11.1 Å². The Morgan fingerprint density at radius 1 is 1.09 bits per heavy atom. The molecule has 4 rings (SSSR count). The summed E-state index contributed by atoms with van der Waals surface area (Å²) in [5.74, 6) is 1.66. The number of pyridine rings is 1. The van der Waals surface area contributed by atoms with Crippen molar-refractivity contribution < 1.29 is 14.1 Å². The van der Waals surface area contributed by atoms with Crippen LogP contribution in [-0.4, -0.2) is 47.8 Å². The predicted octanol–water partition coefficient (Wildman–Crippen LogP) is 5.03. The number of hydrogen-bond acceptors (Lipinski definition) is 7. The van der Waals surface area contributed by atoms with Crippen molar-refractivity contribution >= 4 is 29.3 Å². The summed E-state index contributed by atoms with van der Waals surface area (Å²) in [6.45, 7) is 7.01. The van der Waals surface area contributed by atoms with Crippen molar-refractivity contribution in [1.82, 2.24) is 4.98 Å². The first kappa shape index (κ1) is 24.7. The van der Waals surface area contributed by atoms with Crippen LogP contribution in [-0.2, 0) is 0 Å². The lowest BCUT2D eigenvalue weighted by atomic mass is 10.0. The number of nitrogens with zero attached hydrogens (tertiary/aromatic N) is 4. The Hall–Kier alpha value is -3.46.